The van der Waals surface area contributed by atoms with Gasteiger partial charge in [-0.3, -0.25) is 19.7 Å². The molecular formula is C22H20ClN5O3. The van der Waals surface area contributed by atoms with Crippen LogP contribution in [0.4, 0.5) is 5.69 Å². The van der Waals surface area contributed by atoms with Crippen molar-refractivity contribution in [3.05, 3.63) is 70.8 Å². The van der Waals surface area contributed by atoms with E-state index in [9.17, 15) is 14.4 Å². The van der Waals surface area contributed by atoms with Crippen molar-refractivity contribution < 1.29 is 14.4 Å². The second-order valence-electron chi connectivity index (χ2n) is 7.24. The van der Waals surface area contributed by atoms with E-state index in [0.717, 1.165) is 5.56 Å². The molecule has 0 bridgehead atoms. The number of aryl methyl sites for hydroxylation is 1. The Bertz CT molecular complexity index is 1160. The van der Waals surface area contributed by atoms with E-state index < -0.39 is 5.91 Å². The van der Waals surface area contributed by atoms with Crippen molar-refractivity contribution in [3.8, 4) is 5.69 Å². The fourth-order valence-electron chi connectivity index (χ4n) is 3.45. The van der Waals surface area contributed by atoms with Crippen molar-refractivity contribution in [2.75, 3.05) is 5.32 Å². The Balaban J connectivity index is 1.47. The average Bonchev–Trinajstić information content (AvgIpc) is 3.32. The first kappa shape index (κ1) is 20.7. The van der Waals surface area contributed by atoms with Crippen LogP contribution in [0.5, 0.6) is 0 Å². The van der Waals surface area contributed by atoms with Gasteiger partial charge in [-0.1, -0.05) is 42.8 Å². The summed E-state index contributed by atoms with van der Waals surface area (Å²) in [7, 11) is 0. The molecule has 158 valence electrons. The standard InChI is InChI=1S/C22H20ClN5O3/c1-2-18-25-20(27-28(18)17-6-4-3-5-16(17)23)22(31)24-15-9-7-13(8-10-15)11-14-12-19(29)26-21(14)30/h3-10,14H,2,11-12H2,1H3,(H,24,31)(H,26,29,30). The smallest absolute Gasteiger partial charge is 0.295 e. The summed E-state index contributed by atoms with van der Waals surface area (Å²) in [6, 6.07) is 14.4. The van der Waals surface area contributed by atoms with Gasteiger partial charge < -0.3 is 5.32 Å². The van der Waals surface area contributed by atoms with Crippen molar-refractivity contribution >= 4 is 35.0 Å². The molecule has 3 aromatic rings. The third-order valence-corrected chi connectivity index (χ3v) is 5.35. The van der Waals surface area contributed by atoms with Crippen LogP contribution in [-0.2, 0) is 22.4 Å². The Labute approximate surface area is 183 Å². The molecule has 1 aromatic heterocycles. The lowest BCUT2D eigenvalue weighted by Crippen LogP contribution is -2.22. The summed E-state index contributed by atoms with van der Waals surface area (Å²) in [6.07, 6.45) is 1.25. The van der Waals surface area contributed by atoms with Gasteiger partial charge in [0.25, 0.3) is 5.91 Å². The van der Waals surface area contributed by atoms with Gasteiger partial charge in [0.05, 0.1) is 16.6 Å². The summed E-state index contributed by atoms with van der Waals surface area (Å²) in [5, 5.41) is 9.95. The van der Waals surface area contributed by atoms with Gasteiger partial charge in [-0.05, 0) is 36.2 Å². The number of carbonyl (C=O) groups is 3. The molecule has 1 unspecified atom stereocenters. The predicted octanol–water partition coefficient (Wildman–Crippen LogP) is 2.94. The zero-order valence-electron chi connectivity index (χ0n) is 16.8. The largest absolute Gasteiger partial charge is 0.319 e. The van der Waals surface area contributed by atoms with Gasteiger partial charge >= 0.3 is 0 Å². The van der Waals surface area contributed by atoms with Crippen LogP contribution < -0.4 is 10.6 Å². The topological polar surface area (TPSA) is 106 Å². The van der Waals surface area contributed by atoms with Gasteiger partial charge in [-0.2, -0.15) is 0 Å². The maximum Gasteiger partial charge on any atom is 0.295 e. The Morgan fingerprint density at radius 1 is 1.19 bits per heavy atom. The molecule has 0 saturated carbocycles. The molecule has 8 nitrogen and oxygen atoms in total. The number of carbonyl (C=O) groups excluding carboxylic acids is 3. The molecule has 2 N–H and O–H groups in total. The van der Waals surface area contributed by atoms with Gasteiger partial charge in [-0.15, -0.1) is 5.10 Å². The van der Waals surface area contributed by atoms with Crippen molar-refractivity contribution in [3.63, 3.8) is 0 Å². The van der Waals surface area contributed by atoms with Crippen LogP contribution >= 0.6 is 11.6 Å². The van der Waals surface area contributed by atoms with E-state index in [4.69, 9.17) is 11.6 Å². The first-order valence-electron chi connectivity index (χ1n) is 9.89. The first-order valence-corrected chi connectivity index (χ1v) is 10.3. The average molecular weight is 438 g/mol. The van der Waals surface area contributed by atoms with Crippen LogP contribution in [0, 0.1) is 5.92 Å². The molecular weight excluding hydrogens is 418 g/mol. The van der Waals surface area contributed by atoms with E-state index in [1.165, 1.54) is 0 Å². The highest BCUT2D eigenvalue weighted by Crippen LogP contribution is 2.22. The summed E-state index contributed by atoms with van der Waals surface area (Å²) >= 11 is 6.27. The molecule has 4 rings (SSSR count). The molecule has 31 heavy (non-hydrogen) atoms. The molecule has 1 aliphatic rings. The number of nitrogens with zero attached hydrogens (tertiary/aromatic N) is 3. The maximum atomic E-state index is 12.7. The monoisotopic (exact) mass is 437 g/mol. The molecule has 3 amide bonds. The number of benzene rings is 2. The van der Waals surface area contributed by atoms with Crippen LogP contribution in [0.2, 0.25) is 5.02 Å². The fraction of sp³-hybridized carbons (Fsp3) is 0.227. The summed E-state index contributed by atoms with van der Waals surface area (Å²) in [6.45, 7) is 1.93. The minimum Gasteiger partial charge on any atom is -0.319 e. The third kappa shape index (κ3) is 4.49. The minimum atomic E-state index is -0.436. The van der Waals surface area contributed by atoms with Crippen LogP contribution in [0.15, 0.2) is 48.5 Å². The molecule has 1 fully saturated rings. The zero-order chi connectivity index (χ0) is 22.0. The SMILES string of the molecule is CCc1nc(C(=O)Nc2ccc(CC3CC(=O)NC3=O)cc2)nn1-c1ccccc1Cl. The summed E-state index contributed by atoms with van der Waals surface area (Å²) in [5.74, 6) is -0.601. The van der Waals surface area contributed by atoms with Crippen molar-refractivity contribution in [2.24, 2.45) is 5.92 Å². The molecule has 1 aliphatic heterocycles. The van der Waals surface area contributed by atoms with E-state index in [1.807, 2.05) is 37.3 Å². The minimum absolute atomic E-state index is 0.0435. The van der Waals surface area contributed by atoms with E-state index in [1.54, 1.807) is 22.9 Å². The number of rotatable bonds is 6. The van der Waals surface area contributed by atoms with Crippen molar-refractivity contribution in [1.29, 1.82) is 0 Å². The first-order chi connectivity index (χ1) is 14.9. The normalized spacial score (nSPS) is 15.7. The van der Waals surface area contributed by atoms with E-state index in [-0.39, 0.29) is 30.0 Å². The number of anilines is 1. The number of aromatic nitrogens is 3. The van der Waals surface area contributed by atoms with Gasteiger partial charge in [0.2, 0.25) is 17.6 Å². The van der Waals surface area contributed by atoms with Crippen LogP contribution in [0.3, 0.4) is 0 Å². The number of nitrogens with one attached hydrogen (secondary N) is 2. The number of hydrogen-bond donors (Lipinski definition) is 2. The molecule has 2 heterocycles. The van der Waals surface area contributed by atoms with Gasteiger partial charge in [0.15, 0.2) is 0 Å². The quantitative estimate of drug-likeness (QED) is 0.577. The van der Waals surface area contributed by atoms with E-state index in [2.05, 4.69) is 20.7 Å². The number of hydrogen-bond acceptors (Lipinski definition) is 5. The summed E-state index contributed by atoms with van der Waals surface area (Å²) < 4.78 is 1.58. The maximum absolute atomic E-state index is 12.7. The second kappa shape index (κ2) is 8.69. The lowest BCUT2D eigenvalue weighted by atomic mass is 9.98. The molecule has 2 aromatic carbocycles. The van der Waals surface area contributed by atoms with Gasteiger partial charge in [-0.25, -0.2) is 9.67 Å². The Kier molecular flexibility index (Phi) is 5.81. The lowest BCUT2D eigenvalue weighted by molar-refractivity contribution is -0.125. The number of halogens is 1. The molecule has 1 saturated heterocycles. The zero-order valence-corrected chi connectivity index (χ0v) is 17.5. The molecule has 0 aliphatic carbocycles. The molecule has 9 heteroatoms. The van der Waals surface area contributed by atoms with Crippen molar-refractivity contribution in [2.45, 2.75) is 26.2 Å². The second-order valence-corrected chi connectivity index (χ2v) is 7.64. The number of para-hydroxylation sites is 1. The van der Waals surface area contributed by atoms with Crippen molar-refractivity contribution in [1.82, 2.24) is 20.1 Å². The Morgan fingerprint density at radius 3 is 2.58 bits per heavy atom. The Morgan fingerprint density at radius 2 is 1.94 bits per heavy atom. The van der Waals surface area contributed by atoms with E-state index >= 15 is 0 Å². The third-order valence-electron chi connectivity index (χ3n) is 5.03. The fourth-order valence-corrected chi connectivity index (χ4v) is 3.67. The summed E-state index contributed by atoms with van der Waals surface area (Å²) in [5.41, 5.74) is 2.14. The Hall–Kier alpha value is -3.52. The highest BCUT2D eigenvalue weighted by Gasteiger charge is 2.30. The molecule has 0 radical (unpaired) electrons. The highest BCUT2D eigenvalue weighted by molar-refractivity contribution is 6.32. The van der Waals surface area contributed by atoms with Gasteiger partial charge in [0.1, 0.15) is 5.82 Å². The lowest BCUT2D eigenvalue weighted by Gasteiger charge is -2.08. The summed E-state index contributed by atoms with van der Waals surface area (Å²) in [4.78, 5) is 40.1. The predicted molar refractivity (Wildman–Crippen MR) is 115 cm³/mol. The number of amides is 3. The molecule has 1 atom stereocenters. The molecule has 0 spiro atoms. The van der Waals surface area contributed by atoms with Crippen LogP contribution in [0.25, 0.3) is 5.69 Å². The highest BCUT2D eigenvalue weighted by atomic mass is 35.5. The van der Waals surface area contributed by atoms with Gasteiger partial charge in [0, 0.05) is 18.5 Å². The number of imide groups is 1. The van der Waals surface area contributed by atoms with Crippen LogP contribution in [-0.4, -0.2) is 32.5 Å². The van der Waals surface area contributed by atoms with E-state index in [0.29, 0.717) is 35.1 Å². The van der Waals surface area contributed by atoms with Crippen LogP contribution in [0.1, 0.15) is 35.4 Å².